The first-order valence-electron chi connectivity index (χ1n) is 9.91. The number of rotatable bonds is 7. The van der Waals surface area contributed by atoms with Gasteiger partial charge in [-0.2, -0.15) is 4.36 Å². The van der Waals surface area contributed by atoms with E-state index >= 15 is 0 Å². The normalized spacial score (nSPS) is 13.6. The van der Waals surface area contributed by atoms with E-state index in [2.05, 4.69) is 4.36 Å². The Hall–Kier alpha value is -1.71. The maximum absolute atomic E-state index is 14.2. The predicted molar refractivity (Wildman–Crippen MR) is 118 cm³/mol. The SMILES string of the molecule is CC(C)c1cc(C(F)F)cc(C(C)C)c1CC(=O)N=[SH](=O)c1sc(C(C)(C)O)cc1F. The zero-order chi connectivity index (χ0) is 23.7. The molecule has 4 nitrogen and oxygen atoms in total. The molecule has 0 radical (unpaired) electrons. The number of halogens is 3. The van der Waals surface area contributed by atoms with Crippen LogP contribution >= 0.6 is 11.3 Å². The van der Waals surface area contributed by atoms with E-state index in [0.717, 1.165) is 17.4 Å². The number of thiophene rings is 1. The molecule has 1 aromatic heterocycles. The van der Waals surface area contributed by atoms with E-state index in [1.54, 1.807) is 0 Å². The van der Waals surface area contributed by atoms with Gasteiger partial charge in [0.15, 0.2) is 5.82 Å². The second-order valence-corrected chi connectivity index (χ2v) is 11.1. The fraction of sp³-hybridized carbons (Fsp3) is 0.500. The number of alkyl halides is 2. The average Bonchev–Trinajstić information content (AvgIpc) is 3.03. The fourth-order valence-corrected chi connectivity index (χ4v) is 5.34. The first-order chi connectivity index (χ1) is 14.2. The minimum absolute atomic E-state index is 0.105. The quantitative estimate of drug-likeness (QED) is 0.476. The lowest BCUT2D eigenvalue weighted by Gasteiger charge is -2.20. The summed E-state index contributed by atoms with van der Waals surface area (Å²) in [6, 6.07) is 3.89. The van der Waals surface area contributed by atoms with Crippen molar-refractivity contribution in [2.75, 3.05) is 0 Å². The first kappa shape index (κ1) is 25.5. The number of hydrogen-bond donors (Lipinski definition) is 2. The van der Waals surface area contributed by atoms with Gasteiger partial charge in [0.25, 0.3) is 12.3 Å². The van der Waals surface area contributed by atoms with Crippen molar-refractivity contribution < 1.29 is 27.3 Å². The van der Waals surface area contributed by atoms with Crippen molar-refractivity contribution in [3.05, 3.63) is 51.1 Å². The first-order valence-corrected chi connectivity index (χ1v) is 11.9. The molecule has 2 rings (SSSR count). The van der Waals surface area contributed by atoms with Gasteiger partial charge in [0.2, 0.25) is 0 Å². The number of amides is 1. The van der Waals surface area contributed by atoms with Crippen LogP contribution in [0.25, 0.3) is 0 Å². The Labute approximate surface area is 186 Å². The van der Waals surface area contributed by atoms with Crippen LogP contribution in [0, 0.1) is 5.82 Å². The Balaban J connectivity index is 2.45. The Kier molecular flexibility index (Phi) is 8.10. The Morgan fingerprint density at radius 3 is 2.03 bits per heavy atom. The number of benzene rings is 1. The monoisotopic (exact) mass is 475 g/mol. The van der Waals surface area contributed by atoms with Gasteiger partial charge >= 0.3 is 0 Å². The molecule has 1 N–H and O–H groups in total. The molecule has 1 heterocycles. The van der Waals surface area contributed by atoms with Crippen LogP contribution in [0.15, 0.2) is 26.8 Å². The summed E-state index contributed by atoms with van der Waals surface area (Å²) in [6.07, 6.45) is -2.84. The van der Waals surface area contributed by atoms with E-state index in [9.17, 15) is 27.3 Å². The van der Waals surface area contributed by atoms with Gasteiger partial charge in [-0.25, -0.2) is 17.4 Å². The predicted octanol–water partition coefficient (Wildman–Crippen LogP) is 6.09. The number of carbonyl (C=O) groups is 1. The topological polar surface area (TPSA) is 66.7 Å². The molecule has 0 spiro atoms. The van der Waals surface area contributed by atoms with Crippen LogP contribution in [-0.2, 0) is 27.4 Å². The van der Waals surface area contributed by atoms with Crippen molar-refractivity contribution in [1.82, 2.24) is 0 Å². The third-order valence-corrected chi connectivity index (χ3v) is 7.75. The van der Waals surface area contributed by atoms with Crippen LogP contribution in [0.1, 0.15) is 86.9 Å². The molecule has 1 atom stereocenters. The van der Waals surface area contributed by atoms with E-state index in [4.69, 9.17) is 0 Å². The van der Waals surface area contributed by atoms with Gasteiger partial charge in [0.1, 0.15) is 4.21 Å². The summed E-state index contributed by atoms with van der Waals surface area (Å²) in [5, 5.41) is 10.0. The molecule has 0 aliphatic carbocycles. The number of aliphatic hydroxyl groups is 1. The number of nitrogens with zero attached hydrogens (tertiary/aromatic N) is 1. The van der Waals surface area contributed by atoms with Crippen LogP contribution in [0.2, 0.25) is 0 Å². The Morgan fingerprint density at radius 2 is 1.65 bits per heavy atom. The summed E-state index contributed by atoms with van der Waals surface area (Å²) < 4.78 is 56.9. The highest BCUT2D eigenvalue weighted by Gasteiger charge is 2.24. The van der Waals surface area contributed by atoms with Gasteiger partial charge < -0.3 is 5.11 Å². The third kappa shape index (κ3) is 6.17. The van der Waals surface area contributed by atoms with Crippen LogP contribution in [0.3, 0.4) is 0 Å². The second kappa shape index (κ2) is 9.83. The molecule has 0 saturated carbocycles. The van der Waals surface area contributed by atoms with Gasteiger partial charge in [-0.05, 0) is 60.6 Å². The molecule has 31 heavy (non-hydrogen) atoms. The lowest BCUT2D eigenvalue weighted by molar-refractivity contribution is -0.117. The van der Waals surface area contributed by atoms with Crippen LogP contribution in [-0.4, -0.2) is 15.2 Å². The van der Waals surface area contributed by atoms with Crippen LogP contribution < -0.4 is 0 Å². The Bertz CT molecular complexity index is 1020. The minimum atomic E-state index is -2.69. The van der Waals surface area contributed by atoms with Gasteiger partial charge in [0.05, 0.1) is 22.6 Å². The van der Waals surface area contributed by atoms with Crippen molar-refractivity contribution in [2.24, 2.45) is 4.36 Å². The molecular weight excluding hydrogens is 447 g/mol. The summed E-state index contributed by atoms with van der Waals surface area (Å²) >= 11 is 0.806. The molecule has 1 amide bonds. The number of carbonyl (C=O) groups excluding carboxylic acids is 1. The lowest BCUT2D eigenvalue weighted by atomic mass is 9.85. The zero-order valence-electron chi connectivity index (χ0n) is 18.4. The highest BCUT2D eigenvalue weighted by molar-refractivity contribution is 7.78. The lowest BCUT2D eigenvalue weighted by Crippen LogP contribution is -2.12. The molecule has 0 aliphatic rings. The highest BCUT2D eigenvalue weighted by atomic mass is 32.2. The molecule has 9 heteroatoms. The summed E-state index contributed by atoms with van der Waals surface area (Å²) in [5.41, 5.74) is 0.412. The van der Waals surface area contributed by atoms with E-state index in [1.807, 2.05) is 27.7 Å². The molecule has 0 aliphatic heterocycles. The second-order valence-electron chi connectivity index (χ2n) is 8.55. The van der Waals surface area contributed by atoms with Gasteiger partial charge in [-0.15, -0.1) is 11.3 Å². The van der Waals surface area contributed by atoms with Crippen molar-refractivity contribution in [3.8, 4) is 0 Å². The largest absolute Gasteiger partial charge is 0.385 e. The molecule has 0 fully saturated rings. The van der Waals surface area contributed by atoms with Crippen molar-refractivity contribution in [3.63, 3.8) is 0 Å². The van der Waals surface area contributed by atoms with Crippen LogP contribution in [0.4, 0.5) is 13.2 Å². The molecule has 2 aromatic rings. The van der Waals surface area contributed by atoms with Gasteiger partial charge in [0, 0.05) is 10.4 Å². The van der Waals surface area contributed by atoms with E-state index < -0.39 is 34.3 Å². The summed E-state index contributed by atoms with van der Waals surface area (Å²) in [4.78, 5) is 12.9. The Morgan fingerprint density at radius 1 is 1.13 bits per heavy atom. The molecule has 0 saturated heterocycles. The van der Waals surface area contributed by atoms with Crippen LogP contribution in [0.5, 0.6) is 0 Å². The van der Waals surface area contributed by atoms with E-state index in [1.165, 1.54) is 26.0 Å². The third-order valence-electron chi connectivity index (χ3n) is 4.81. The molecular formula is C22H28F3NO3S2. The maximum atomic E-state index is 14.2. The van der Waals surface area contributed by atoms with Crippen molar-refractivity contribution in [2.45, 2.75) is 76.0 Å². The zero-order valence-corrected chi connectivity index (χ0v) is 20.1. The van der Waals surface area contributed by atoms with Gasteiger partial charge in [-0.1, -0.05) is 27.7 Å². The summed E-state index contributed by atoms with van der Waals surface area (Å²) in [5.74, 6) is -1.73. The maximum Gasteiger partial charge on any atom is 0.263 e. The molecule has 1 aromatic carbocycles. The van der Waals surface area contributed by atoms with E-state index in [-0.39, 0.29) is 32.9 Å². The average molecular weight is 476 g/mol. The highest BCUT2D eigenvalue weighted by Crippen LogP contribution is 2.34. The van der Waals surface area contributed by atoms with E-state index in [0.29, 0.717) is 16.7 Å². The fourth-order valence-electron chi connectivity index (χ4n) is 3.23. The molecule has 0 bridgehead atoms. The molecule has 1 unspecified atom stereocenters. The summed E-state index contributed by atoms with van der Waals surface area (Å²) in [6.45, 7) is 10.3. The standard InChI is InChI=1S/C22H28F3NO3S2/c1-11(2)14-7-13(20(24)25)8-15(12(3)4)16(14)9-19(27)26-31(29)21-17(23)10-18(30-21)22(5,6)28/h7-8,10-12,20,28,31H,9H2,1-6H3. The van der Waals surface area contributed by atoms with Crippen molar-refractivity contribution >= 4 is 27.8 Å². The van der Waals surface area contributed by atoms with Gasteiger partial charge in [-0.3, -0.25) is 4.79 Å². The van der Waals surface area contributed by atoms with Crippen molar-refractivity contribution in [1.29, 1.82) is 0 Å². The smallest absolute Gasteiger partial charge is 0.263 e. The number of thiol groups is 1. The minimum Gasteiger partial charge on any atom is -0.385 e. The number of hydrogen-bond acceptors (Lipinski definition) is 4. The molecule has 172 valence electrons. The summed E-state index contributed by atoms with van der Waals surface area (Å²) in [7, 11) is -2.69.